The molecule has 0 spiro atoms. The molecule has 0 bridgehead atoms. The molecule has 0 aromatic heterocycles. The Bertz CT molecular complexity index is 698. The van der Waals surface area contributed by atoms with Gasteiger partial charge in [-0.2, -0.15) is 0 Å². The van der Waals surface area contributed by atoms with E-state index in [1.54, 1.807) is 0 Å². The Balaban J connectivity index is 1.57. The Hall–Kier alpha value is -1.94. The molecule has 0 radical (unpaired) electrons. The molecule has 1 saturated heterocycles. The SMILES string of the molecule is C=CC[C@H]1OC(COCc2ccccc2)[C@@H](C)[C@H](C)C1OCc1ccccc1. The Labute approximate surface area is 169 Å². The lowest BCUT2D eigenvalue weighted by Gasteiger charge is -2.44. The molecule has 3 nitrogen and oxygen atoms in total. The van der Waals surface area contributed by atoms with Crippen LogP contribution >= 0.6 is 0 Å². The third kappa shape index (κ3) is 5.54. The van der Waals surface area contributed by atoms with E-state index < -0.39 is 0 Å². The van der Waals surface area contributed by atoms with Crippen molar-refractivity contribution < 1.29 is 14.2 Å². The summed E-state index contributed by atoms with van der Waals surface area (Å²) in [5.74, 6) is 0.741. The van der Waals surface area contributed by atoms with Gasteiger partial charge in [-0.3, -0.25) is 0 Å². The van der Waals surface area contributed by atoms with Crippen LogP contribution in [0.2, 0.25) is 0 Å². The average molecular weight is 381 g/mol. The quantitative estimate of drug-likeness (QED) is 0.545. The summed E-state index contributed by atoms with van der Waals surface area (Å²) in [6.07, 6.45) is 2.84. The van der Waals surface area contributed by atoms with E-state index in [1.807, 2.05) is 42.5 Å². The smallest absolute Gasteiger partial charge is 0.0878 e. The molecule has 0 aliphatic carbocycles. The van der Waals surface area contributed by atoms with E-state index in [0.717, 1.165) is 6.42 Å². The Kier molecular flexibility index (Phi) is 7.84. The first kappa shape index (κ1) is 20.8. The molecule has 1 aliphatic heterocycles. The number of ether oxygens (including phenoxy) is 3. The van der Waals surface area contributed by atoms with Gasteiger partial charge in [-0.05, 0) is 29.4 Å². The van der Waals surface area contributed by atoms with Crippen LogP contribution in [-0.4, -0.2) is 24.9 Å². The van der Waals surface area contributed by atoms with Gasteiger partial charge in [0.1, 0.15) is 0 Å². The number of hydrogen-bond donors (Lipinski definition) is 0. The second kappa shape index (κ2) is 10.6. The predicted molar refractivity (Wildman–Crippen MR) is 113 cm³/mol. The molecular weight excluding hydrogens is 348 g/mol. The van der Waals surface area contributed by atoms with Crippen LogP contribution in [0.15, 0.2) is 73.3 Å². The maximum Gasteiger partial charge on any atom is 0.0878 e. The molecule has 5 atom stereocenters. The molecule has 150 valence electrons. The van der Waals surface area contributed by atoms with Crippen molar-refractivity contribution in [2.45, 2.75) is 51.8 Å². The van der Waals surface area contributed by atoms with E-state index in [9.17, 15) is 0 Å². The van der Waals surface area contributed by atoms with Crippen molar-refractivity contribution in [1.29, 1.82) is 0 Å². The first-order valence-corrected chi connectivity index (χ1v) is 10.2. The van der Waals surface area contributed by atoms with Crippen molar-refractivity contribution in [3.8, 4) is 0 Å². The molecule has 0 saturated carbocycles. The molecule has 0 N–H and O–H groups in total. The van der Waals surface area contributed by atoms with E-state index in [-0.39, 0.29) is 18.3 Å². The van der Waals surface area contributed by atoms with Crippen LogP contribution in [0.5, 0.6) is 0 Å². The van der Waals surface area contributed by atoms with E-state index in [4.69, 9.17) is 14.2 Å². The molecule has 3 heteroatoms. The summed E-state index contributed by atoms with van der Waals surface area (Å²) in [5.41, 5.74) is 2.37. The van der Waals surface area contributed by atoms with E-state index in [2.05, 4.69) is 44.7 Å². The summed E-state index contributed by atoms with van der Waals surface area (Å²) in [5, 5.41) is 0. The third-order valence-corrected chi connectivity index (χ3v) is 5.73. The van der Waals surface area contributed by atoms with E-state index in [0.29, 0.717) is 31.7 Å². The highest BCUT2D eigenvalue weighted by Gasteiger charge is 2.41. The summed E-state index contributed by atoms with van der Waals surface area (Å²) in [4.78, 5) is 0. The summed E-state index contributed by atoms with van der Waals surface area (Å²) in [6, 6.07) is 20.6. The van der Waals surface area contributed by atoms with E-state index >= 15 is 0 Å². The average Bonchev–Trinajstić information content (AvgIpc) is 2.73. The van der Waals surface area contributed by atoms with Crippen LogP contribution in [0.3, 0.4) is 0 Å². The van der Waals surface area contributed by atoms with Crippen LogP contribution in [0.25, 0.3) is 0 Å². The maximum atomic E-state index is 6.43. The Morgan fingerprint density at radius 2 is 1.46 bits per heavy atom. The van der Waals surface area contributed by atoms with E-state index in [1.165, 1.54) is 11.1 Å². The summed E-state index contributed by atoms with van der Waals surface area (Å²) >= 11 is 0. The first-order valence-electron chi connectivity index (χ1n) is 10.2. The Morgan fingerprint density at radius 1 is 0.857 bits per heavy atom. The summed E-state index contributed by atoms with van der Waals surface area (Å²) in [7, 11) is 0. The zero-order chi connectivity index (χ0) is 19.8. The second-order valence-corrected chi connectivity index (χ2v) is 7.72. The zero-order valence-corrected chi connectivity index (χ0v) is 17.0. The molecular formula is C25H32O3. The van der Waals surface area contributed by atoms with Crippen LogP contribution < -0.4 is 0 Å². The fraction of sp³-hybridized carbons (Fsp3) is 0.440. The van der Waals surface area contributed by atoms with Gasteiger partial charge in [-0.15, -0.1) is 6.58 Å². The van der Waals surface area contributed by atoms with Crippen LogP contribution in [0.1, 0.15) is 31.4 Å². The van der Waals surface area contributed by atoms with Crippen LogP contribution in [0, 0.1) is 11.8 Å². The summed E-state index contributed by atoms with van der Waals surface area (Å²) < 4.78 is 18.7. The predicted octanol–water partition coefficient (Wildman–Crippen LogP) is 5.40. The third-order valence-electron chi connectivity index (χ3n) is 5.73. The molecule has 1 heterocycles. The summed E-state index contributed by atoms with van der Waals surface area (Å²) in [6.45, 7) is 10.2. The molecule has 1 fully saturated rings. The van der Waals surface area contributed by atoms with Crippen molar-refractivity contribution >= 4 is 0 Å². The maximum absolute atomic E-state index is 6.43. The fourth-order valence-corrected chi connectivity index (χ4v) is 3.84. The zero-order valence-electron chi connectivity index (χ0n) is 17.0. The topological polar surface area (TPSA) is 27.7 Å². The van der Waals surface area contributed by atoms with Crippen molar-refractivity contribution in [2.75, 3.05) is 6.61 Å². The van der Waals surface area contributed by atoms with Gasteiger partial charge in [-0.25, -0.2) is 0 Å². The van der Waals surface area contributed by atoms with Crippen LogP contribution in [-0.2, 0) is 27.4 Å². The van der Waals surface area contributed by atoms with Gasteiger partial charge in [0.05, 0.1) is 38.1 Å². The van der Waals surface area contributed by atoms with Gasteiger partial charge in [-0.1, -0.05) is 80.6 Å². The molecule has 28 heavy (non-hydrogen) atoms. The van der Waals surface area contributed by atoms with Crippen molar-refractivity contribution in [2.24, 2.45) is 11.8 Å². The number of rotatable bonds is 9. The number of benzene rings is 2. The first-order chi connectivity index (χ1) is 13.7. The van der Waals surface area contributed by atoms with Gasteiger partial charge >= 0.3 is 0 Å². The van der Waals surface area contributed by atoms with Gasteiger partial charge < -0.3 is 14.2 Å². The lowest BCUT2D eigenvalue weighted by atomic mass is 9.80. The fourth-order valence-electron chi connectivity index (χ4n) is 3.84. The van der Waals surface area contributed by atoms with Crippen molar-refractivity contribution in [3.63, 3.8) is 0 Å². The molecule has 1 aliphatic rings. The highest BCUT2D eigenvalue weighted by atomic mass is 16.6. The highest BCUT2D eigenvalue weighted by molar-refractivity contribution is 5.14. The van der Waals surface area contributed by atoms with Crippen LogP contribution in [0.4, 0.5) is 0 Å². The Morgan fingerprint density at radius 3 is 2.07 bits per heavy atom. The molecule has 3 rings (SSSR count). The van der Waals surface area contributed by atoms with Gasteiger partial charge in [0, 0.05) is 0 Å². The van der Waals surface area contributed by atoms with Gasteiger partial charge in [0.15, 0.2) is 0 Å². The van der Waals surface area contributed by atoms with Gasteiger partial charge in [0.25, 0.3) is 0 Å². The monoisotopic (exact) mass is 380 g/mol. The minimum atomic E-state index is 0.0118. The van der Waals surface area contributed by atoms with Gasteiger partial charge in [0.2, 0.25) is 0 Å². The van der Waals surface area contributed by atoms with Crippen molar-refractivity contribution in [1.82, 2.24) is 0 Å². The van der Waals surface area contributed by atoms with Crippen molar-refractivity contribution in [3.05, 3.63) is 84.4 Å². The second-order valence-electron chi connectivity index (χ2n) is 7.72. The lowest BCUT2D eigenvalue weighted by molar-refractivity contribution is -0.202. The molecule has 0 amide bonds. The molecule has 2 aromatic carbocycles. The molecule has 2 aromatic rings. The highest BCUT2D eigenvalue weighted by Crippen LogP contribution is 2.35. The standard InChI is InChI=1S/C25H32O3/c1-4-11-23-25(27-17-22-14-9-6-10-15-22)20(3)19(2)24(28-23)18-26-16-21-12-7-5-8-13-21/h4-10,12-15,19-20,23-25H,1,11,16-18H2,2-3H3/t19-,20-,23+,24?,25?/m0/s1. The molecule has 2 unspecified atom stereocenters. The minimum absolute atomic E-state index is 0.0118. The lowest BCUT2D eigenvalue weighted by Crippen LogP contribution is -2.51. The minimum Gasteiger partial charge on any atom is -0.374 e. The number of hydrogen-bond acceptors (Lipinski definition) is 3. The normalized spacial score (nSPS) is 27.4. The largest absolute Gasteiger partial charge is 0.374 e.